The zero-order valence-corrected chi connectivity index (χ0v) is 20.9. The summed E-state index contributed by atoms with van der Waals surface area (Å²) in [5, 5.41) is 7.28. The molecule has 1 heterocycles. The van der Waals surface area contributed by atoms with E-state index >= 15 is 0 Å². The summed E-state index contributed by atoms with van der Waals surface area (Å²) >= 11 is 23.4. The molecule has 1 aromatic heterocycles. The van der Waals surface area contributed by atoms with E-state index in [2.05, 4.69) is 15.6 Å². The molecule has 0 aliphatic rings. The summed E-state index contributed by atoms with van der Waals surface area (Å²) in [7, 11) is 0. The van der Waals surface area contributed by atoms with Crippen LogP contribution in [0.25, 0.3) is 11.1 Å². The number of nitrogens with zero attached hydrogens (tertiary/aromatic N) is 1. The second kappa shape index (κ2) is 10.6. The minimum atomic E-state index is -0.378. The summed E-state index contributed by atoms with van der Waals surface area (Å²) in [6.45, 7) is 1.68. The number of aromatic nitrogens is 1. The van der Waals surface area contributed by atoms with Gasteiger partial charge in [0.25, 0.3) is 5.91 Å². The van der Waals surface area contributed by atoms with Crippen LogP contribution in [-0.4, -0.2) is 22.6 Å². The van der Waals surface area contributed by atoms with Gasteiger partial charge in [0.15, 0.2) is 23.2 Å². The molecule has 0 spiro atoms. The summed E-state index contributed by atoms with van der Waals surface area (Å²) in [5.74, 6) is 0.700. The molecular weight excluding hydrogens is 517 g/mol. The van der Waals surface area contributed by atoms with E-state index in [0.29, 0.717) is 44.2 Å². The predicted octanol–water partition coefficient (Wildman–Crippen LogP) is 6.58. The highest BCUT2D eigenvalue weighted by atomic mass is 35.5. The van der Waals surface area contributed by atoms with Crippen molar-refractivity contribution >= 4 is 74.8 Å². The lowest BCUT2D eigenvalue weighted by Gasteiger charge is -2.11. The Hall–Kier alpha value is -2.84. The van der Waals surface area contributed by atoms with Gasteiger partial charge >= 0.3 is 0 Å². The van der Waals surface area contributed by atoms with Crippen LogP contribution < -0.4 is 15.4 Å². The lowest BCUT2D eigenvalue weighted by Crippen LogP contribution is -2.37. The Kier molecular flexibility index (Phi) is 7.58. The molecule has 0 aliphatic carbocycles. The van der Waals surface area contributed by atoms with Crippen LogP contribution >= 0.6 is 47.0 Å². The molecule has 0 unspecified atom stereocenters. The standard InChI is InChI=1S/C24H18Cl3N3O3S/c1-13-8-17(6-7-18(13)26)32-12-21(31)30-24(34)28-16-4-2-14(3-5-16)9-22-29-20-11-15(25)10-19(27)23(20)33-22/h2-8,10-11H,9,12H2,1H3,(H2,28,30,31,34). The van der Waals surface area contributed by atoms with Crippen LogP contribution in [0.5, 0.6) is 5.75 Å². The number of nitrogens with one attached hydrogen (secondary N) is 2. The number of amides is 1. The van der Waals surface area contributed by atoms with Gasteiger partial charge in [-0.05, 0) is 72.7 Å². The highest BCUT2D eigenvalue weighted by Gasteiger charge is 2.12. The van der Waals surface area contributed by atoms with Crippen molar-refractivity contribution in [3.05, 3.63) is 86.7 Å². The molecule has 0 aliphatic heterocycles. The third-order valence-electron chi connectivity index (χ3n) is 4.77. The number of rotatable bonds is 6. The molecule has 0 bridgehead atoms. The number of halogens is 3. The average molecular weight is 535 g/mol. The summed E-state index contributed by atoms with van der Waals surface area (Å²) in [6, 6.07) is 16.0. The van der Waals surface area contributed by atoms with Crippen molar-refractivity contribution in [3.8, 4) is 5.75 Å². The molecular formula is C24H18Cl3N3O3S. The fourth-order valence-corrected chi connectivity index (χ4v) is 4.01. The van der Waals surface area contributed by atoms with Gasteiger partial charge in [-0.3, -0.25) is 10.1 Å². The van der Waals surface area contributed by atoms with E-state index in [1.807, 2.05) is 31.2 Å². The zero-order valence-electron chi connectivity index (χ0n) is 17.8. The number of carbonyl (C=O) groups excluding carboxylic acids is 1. The van der Waals surface area contributed by atoms with Gasteiger partial charge in [-0.2, -0.15) is 0 Å². The summed E-state index contributed by atoms with van der Waals surface area (Å²) in [5.41, 5.74) is 3.68. The Morgan fingerprint density at radius 1 is 1.06 bits per heavy atom. The van der Waals surface area contributed by atoms with Gasteiger partial charge in [0.1, 0.15) is 11.3 Å². The number of aryl methyl sites for hydroxylation is 1. The van der Waals surface area contributed by atoms with E-state index in [9.17, 15) is 4.79 Å². The maximum Gasteiger partial charge on any atom is 0.264 e. The molecule has 3 aromatic carbocycles. The Bertz CT molecular complexity index is 1370. The molecule has 34 heavy (non-hydrogen) atoms. The molecule has 0 saturated carbocycles. The van der Waals surface area contributed by atoms with Crippen molar-refractivity contribution in [2.24, 2.45) is 0 Å². The first-order valence-corrected chi connectivity index (χ1v) is 11.6. The van der Waals surface area contributed by atoms with Crippen molar-refractivity contribution in [2.45, 2.75) is 13.3 Å². The lowest BCUT2D eigenvalue weighted by atomic mass is 10.1. The second-order valence-electron chi connectivity index (χ2n) is 7.42. The van der Waals surface area contributed by atoms with Crippen molar-refractivity contribution < 1.29 is 13.9 Å². The van der Waals surface area contributed by atoms with Crippen LogP contribution in [0.3, 0.4) is 0 Å². The molecule has 4 rings (SSSR count). The smallest absolute Gasteiger partial charge is 0.264 e. The van der Waals surface area contributed by atoms with Crippen LogP contribution in [0.1, 0.15) is 17.0 Å². The predicted molar refractivity (Wildman–Crippen MR) is 139 cm³/mol. The maximum absolute atomic E-state index is 12.1. The summed E-state index contributed by atoms with van der Waals surface area (Å²) in [4.78, 5) is 16.6. The van der Waals surface area contributed by atoms with Gasteiger partial charge in [0.2, 0.25) is 0 Å². The molecule has 4 aromatic rings. The van der Waals surface area contributed by atoms with Gasteiger partial charge in [-0.1, -0.05) is 46.9 Å². The molecule has 0 atom stereocenters. The van der Waals surface area contributed by atoms with Gasteiger partial charge in [-0.15, -0.1) is 0 Å². The van der Waals surface area contributed by atoms with Gasteiger partial charge < -0.3 is 14.5 Å². The Labute approximate surface area is 216 Å². The number of carbonyl (C=O) groups is 1. The van der Waals surface area contributed by atoms with Gasteiger partial charge in [0.05, 0.1) is 5.02 Å². The van der Waals surface area contributed by atoms with Crippen LogP contribution in [0.15, 0.2) is 59.0 Å². The lowest BCUT2D eigenvalue weighted by molar-refractivity contribution is -0.121. The largest absolute Gasteiger partial charge is 0.484 e. The van der Waals surface area contributed by atoms with E-state index in [-0.39, 0.29) is 17.6 Å². The average Bonchev–Trinajstić information content (AvgIpc) is 3.18. The number of hydrogen-bond donors (Lipinski definition) is 2. The van der Waals surface area contributed by atoms with Crippen LogP contribution in [-0.2, 0) is 11.2 Å². The molecule has 174 valence electrons. The van der Waals surface area contributed by atoms with Gasteiger partial charge in [-0.25, -0.2) is 4.98 Å². The van der Waals surface area contributed by atoms with E-state index in [1.54, 1.807) is 30.3 Å². The molecule has 6 nitrogen and oxygen atoms in total. The van der Waals surface area contributed by atoms with E-state index < -0.39 is 0 Å². The minimum absolute atomic E-state index is 0.166. The van der Waals surface area contributed by atoms with Crippen LogP contribution in [0.2, 0.25) is 15.1 Å². The number of benzene rings is 3. The first kappa shape index (κ1) is 24.3. The third-order valence-corrected chi connectivity index (χ3v) is 5.90. The van der Waals surface area contributed by atoms with Crippen molar-refractivity contribution in [2.75, 3.05) is 11.9 Å². The van der Waals surface area contributed by atoms with E-state index in [4.69, 9.17) is 56.2 Å². The number of fused-ring (bicyclic) bond motifs is 1. The molecule has 0 fully saturated rings. The second-order valence-corrected chi connectivity index (χ2v) is 9.08. The quantitative estimate of drug-likeness (QED) is 0.272. The van der Waals surface area contributed by atoms with Crippen LogP contribution in [0, 0.1) is 6.92 Å². The van der Waals surface area contributed by atoms with Crippen molar-refractivity contribution in [1.82, 2.24) is 10.3 Å². The topological polar surface area (TPSA) is 76.4 Å². The first-order valence-electron chi connectivity index (χ1n) is 10.1. The Balaban J connectivity index is 1.29. The number of oxazole rings is 1. The Morgan fingerprint density at radius 3 is 2.56 bits per heavy atom. The summed E-state index contributed by atoms with van der Waals surface area (Å²) in [6.07, 6.45) is 0.478. The molecule has 0 saturated heterocycles. The normalized spacial score (nSPS) is 10.8. The van der Waals surface area contributed by atoms with Gasteiger partial charge in [0, 0.05) is 22.2 Å². The van der Waals surface area contributed by atoms with Crippen LogP contribution in [0.4, 0.5) is 5.69 Å². The minimum Gasteiger partial charge on any atom is -0.484 e. The third kappa shape index (κ3) is 6.18. The zero-order chi connectivity index (χ0) is 24.2. The van der Waals surface area contributed by atoms with Crippen molar-refractivity contribution in [3.63, 3.8) is 0 Å². The first-order chi connectivity index (χ1) is 16.3. The number of thiocarbonyl (C=S) groups is 1. The SMILES string of the molecule is Cc1cc(OCC(=O)NC(=S)Nc2ccc(Cc3nc4cc(Cl)cc(Cl)c4o3)cc2)ccc1Cl. The molecule has 2 N–H and O–H groups in total. The number of ether oxygens (including phenoxy) is 1. The molecule has 1 amide bonds. The summed E-state index contributed by atoms with van der Waals surface area (Å²) < 4.78 is 11.2. The highest BCUT2D eigenvalue weighted by molar-refractivity contribution is 7.80. The molecule has 10 heteroatoms. The molecule has 0 radical (unpaired) electrons. The maximum atomic E-state index is 12.1. The van der Waals surface area contributed by atoms with E-state index in [0.717, 1.165) is 16.8 Å². The van der Waals surface area contributed by atoms with E-state index in [1.165, 1.54) is 0 Å². The monoisotopic (exact) mass is 533 g/mol. The fraction of sp³-hybridized carbons (Fsp3) is 0.125. The van der Waals surface area contributed by atoms with Crippen molar-refractivity contribution in [1.29, 1.82) is 0 Å². The number of anilines is 1. The fourth-order valence-electron chi connectivity index (χ4n) is 3.14. The highest BCUT2D eigenvalue weighted by Crippen LogP contribution is 2.29. The number of hydrogen-bond acceptors (Lipinski definition) is 5. The Morgan fingerprint density at radius 2 is 1.82 bits per heavy atom.